The molecule has 0 bridgehead atoms. The lowest BCUT2D eigenvalue weighted by Gasteiger charge is -2.25. The predicted molar refractivity (Wildman–Crippen MR) is 124 cm³/mol. The summed E-state index contributed by atoms with van der Waals surface area (Å²) in [4.78, 5) is 60.5. The summed E-state index contributed by atoms with van der Waals surface area (Å²) in [5.41, 5.74) is 11.0. The number of primary amides is 1. The zero-order valence-corrected chi connectivity index (χ0v) is 20.3. The van der Waals surface area contributed by atoms with Gasteiger partial charge in [0.15, 0.2) is 6.04 Å². The van der Waals surface area contributed by atoms with Gasteiger partial charge < -0.3 is 37.6 Å². The fourth-order valence-electron chi connectivity index (χ4n) is 2.87. The van der Waals surface area contributed by atoms with Gasteiger partial charge in [-0.25, -0.2) is 4.79 Å². The minimum absolute atomic E-state index is 0.169. The Morgan fingerprint density at radius 2 is 1.42 bits per heavy atom. The second-order valence-corrected chi connectivity index (χ2v) is 9.20. The zero-order valence-electron chi connectivity index (χ0n) is 19.5. The summed E-state index contributed by atoms with van der Waals surface area (Å²) in [7, 11) is 0. The van der Waals surface area contributed by atoms with Crippen molar-refractivity contribution in [3.05, 3.63) is 0 Å². The number of aliphatic hydroxyl groups excluding tert-OH is 1. The number of hydrogen-bond donors (Lipinski definition) is 7. The average Bonchev–Trinajstić information content (AvgIpc) is 2.70. The molecule has 0 aromatic rings. The molecule has 0 aliphatic carbocycles. The molecule has 9 N–H and O–H groups in total. The van der Waals surface area contributed by atoms with Crippen LogP contribution < -0.4 is 27.4 Å². The maximum atomic E-state index is 12.9. The van der Waals surface area contributed by atoms with Gasteiger partial charge in [0.25, 0.3) is 0 Å². The third kappa shape index (κ3) is 12.4. The minimum atomic E-state index is -1.62. The van der Waals surface area contributed by atoms with Crippen molar-refractivity contribution in [2.45, 2.75) is 76.7 Å². The lowest BCUT2D eigenvalue weighted by atomic mass is 10.0. The average molecular weight is 492 g/mol. The van der Waals surface area contributed by atoms with Crippen LogP contribution in [0, 0.1) is 5.92 Å². The molecule has 0 fully saturated rings. The molecule has 5 unspecified atom stereocenters. The molecule has 0 radical (unpaired) electrons. The molecular formula is C20H37N5O7S. The molecule has 33 heavy (non-hydrogen) atoms. The molecule has 4 amide bonds. The number of hydrogen-bond acceptors (Lipinski definition) is 8. The molecule has 12 nitrogen and oxygen atoms in total. The number of carboxylic acids is 1. The van der Waals surface area contributed by atoms with Crippen LogP contribution in [0.25, 0.3) is 0 Å². The van der Waals surface area contributed by atoms with E-state index >= 15 is 0 Å². The van der Waals surface area contributed by atoms with Crippen molar-refractivity contribution in [3.63, 3.8) is 0 Å². The number of aliphatic hydroxyl groups is 1. The SMILES string of the molecule is CSCCC(NC(=O)C(N)CC(C)C)C(=O)NC(CCC(N)=O)C(=O)NC(C(=O)O)C(C)O. The highest BCUT2D eigenvalue weighted by atomic mass is 32.2. The molecule has 0 rings (SSSR count). The Balaban J connectivity index is 5.51. The number of rotatable bonds is 16. The van der Waals surface area contributed by atoms with Crippen molar-refractivity contribution >= 4 is 41.4 Å². The monoisotopic (exact) mass is 491 g/mol. The van der Waals surface area contributed by atoms with Gasteiger partial charge in [-0.1, -0.05) is 13.8 Å². The predicted octanol–water partition coefficient (Wildman–Crippen LogP) is -1.70. The van der Waals surface area contributed by atoms with Crippen molar-refractivity contribution in [2.75, 3.05) is 12.0 Å². The smallest absolute Gasteiger partial charge is 0.328 e. The lowest BCUT2D eigenvalue weighted by molar-refractivity contribution is -0.145. The molecule has 5 atom stereocenters. The first-order valence-corrected chi connectivity index (χ1v) is 12.0. The van der Waals surface area contributed by atoms with E-state index in [4.69, 9.17) is 11.5 Å². The third-order valence-electron chi connectivity index (χ3n) is 4.66. The van der Waals surface area contributed by atoms with Gasteiger partial charge in [-0.05, 0) is 44.1 Å². The standard InChI is InChI=1S/C20H37N5O7S/c1-10(2)9-12(21)17(28)23-14(7-8-33-4)18(29)24-13(5-6-15(22)27)19(30)25-16(11(3)26)20(31)32/h10-14,16,26H,5-9,21H2,1-4H3,(H2,22,27)(H,23,28)(H,24,29)(H,25,30)(H,31,32). The van der Waals surface area contributed by atoms with Gasteiger partial charge in [0, 0.05) is 6.42 Å². The first kappa shape index (κ1) is 30.6. The molecular weight excluding hydrogens is 454 g/mol. The zero-order chi connectivity index (χ0) is 25.7. The normalized spacial score (nSPS) is 15.6. The number of nitrogens with two attached hydrogens (primary N) is 2. The Morgan fingerprint density at radius 3 is 1.88 bits per heavy atom. The minimum Gasteiger partial charge on any atom is -0.480 e. The first-order valence-electron chi connectivity index (χ1n) is 10.6. The molecule has 0 aromatic carbocycles. The number of thioether (sulfide) groups is 1. The maximum Gasteiger partial charge on any atom is 0.328 e. The number of carbonyl (C=O) groups excluding carboxylic acids is 4. The van der Waals surface area contributed by atoms with Gasteiger partial charge in [-0.2, -0.15) is 11.8 Å². The van der Waals surface area contributed by atoms with Gasteiger partial charge >= 0.3 is 5.97 Å². The van der Waals surface area contributed by atoms with Crippen LogP contribution >= 0.6 is 11.8 Å². The number of amides is 4. The van der Waals surface area contributed by atoms with Crippen LogP contribution in [0.1, 0.15) is 46.5 Å². The summed E-state index contributed by atoms with van der Waals surface area (Å²) in [6, 6.07) is -4.75. The molecule has 190 valence electrons. The number of carboxylic acid groups (broad SMARTS) is 1. The maximum absolute atomic E-state index is 12.9. The van der Waals surface area contributed by atoms with Crippen molar-refractivity contribution in [1.82, 2.24) is 16.0 Å². The molecule has 0 aliphatic rings. The summed E-state index contributed by atoms with van der Waals surface area (Å²) >= 11 is 1.45. The van der Waals surface area contributed by atoms with Crippen LogP contribution in [0.15, 0.2) is 0 Å². The number of aliphatic carboxylic acids is 1. The van der Waals surface area contributed by atoms with Gasteiger partial charge in [-0.15, -0.1) is 0 Å². The van der Waals surface area contributed by atoms with Gasteiger partial charge in [-0.3, -0.25) is 19.2 Å². The summed E-state index contributed by atoms with van der Waals surface area (Å²) in [6.07, 6.45) is 0.633. The van der Waals surface area contributed by atoms with Crippen LogP contribution in [0.2, 0.25) is 0 Å². The highest BCUT2D eigenvalue weighted by molar-refractivity contribution is 7.98. The Morgan fingerprint density at radius 1 is 0.909 bits per heavy atom. The van der Waals surface area contributed by atoms with Crippen LogP contribution in [0.5, 0.6) is 0 Å². The Hall–Kier alpha value is -2.38. The van der Waals surface area contributed by atoms with E-state index in [0.717, 1.165) is 0 Å². The highest BCUT2D eigenvalue weighted by Gasteiger charge is 2.32. The summed E-state index contributed by atoms with van der Waals surface area (Å²) in [5, 5.41) is 26.0. The van der Waals surface area contributed by atoms with E-state index in [1.54, 1.807) is 0 Å². The van der Waals surface area contributed by atoms with E-state index in [2.05, 4.69) is 16.0 Å². The van der Waals surface area contributed by atoms with Crippen molar-refractivity contribution in [1.29, 1.82) is 0 Å². The topological polar surface area (TPSA) is 214 Å². The second-order valence-electron chi connectivity index (χ2n) is 8.21. The molecule has 0 saturated carbocycles. The van der Waals surface area contributed by atoms with Crippen molar-refractivity contribution < 1.29 is 34.2 Å². The Kier molecular flexibility index (Phi) is 14.3. The quantitative estimate of drug-likeness (QED) is 0.131. The van der Waals surface area contributed by atoms with E-state index < -0.39 is 59.9 Å². The summed E-state index contributed by atoms with van der Waals surface area (Å²) < 4.78 is 0. The van der Waals surface area contributed by atoms with Crippen molar-refractivity contribution in [3.8, 4) is 0 Å². The Labute approximate surface area is 198 Å². The molecule has 0 aromatic heterocycles. The molecule has 0 heterocycles. The van der Waals surface area contributed by atoms with E-state index in [0.29, 0.717) is 12.2 Å². The lowest BCUT2D eigenvalue weighted by Crippen LogP contribution is -2.58. The van der Waals surface area contributed by atoms with Crippen LogP contribution in [0.3, 0.4) is 0 Å². The van der Waals surface area contributed by atoms with Crippen molar-refractivity contribution in [2.24, 2.45) is 17.4 Å². The largest absolute Gasteiger partial charge is 0.480 e. The Bertz CT molecular complexity index is 690. The number of nitrogens with one attached hydrogen (secondary N) is 3. The highest BCUT2D eigenvalue weighted by Crippen LogP contribution is 2.07. The summed E-state index contributed by atoms with van der Waals surface area (Å²) in [6.45, 7) is 5.00. The molecule has 0 saturated heterocycles. The van der Waals surface area contributed by atoms with Gasteiger partial charge in [0.1, 0.15) is 12.1 Å². The second kappa shape index (κ2) is 15.5. The number of carbonyl (C=O) groups is 5. The summed E-state index contributed by atoms with van der Waals surface area (Å²) in [5.74, 6) is -3.61. The molecule has 0 aliphatic heterocycles. The molecule has 13 heteroatoms. The first-order chi connectivity index (χ1) is 15.3. The van der Waals surface area contributed by atoms with Crippen LogP contribution in [-0.4, -0.2) is 82.1 Å². The van der Waals surface area contributed by atoms with Crippen LogP contribution in [-0.2, 0) is 24.0 Å². The van der Waals surface area contributed by atoms with Gasteiger partial charge in [0.2, 0.25) is 23.6 Å². The fraction of sp³-hybridized carbons (Fsp3) is 0.750. The van der Waals surface area contributed by atoms with E-state index in [-0.39, 0.29) is 25.2 Å². The van der Waals surface area contributed by atoms with E-state index in [1.807, 2.05) is 20.1 Å². The van der Waals surface area contributed by atoms with Crippen LogP contribution in [0.4, 0.5) is 0 Å². The van der Waals surface area contributed by atoms with E-state index in [1.165, 1.54) is 18.7 Å². The molecule has 0 spiro atoms. The van der Waals surface area contributed by atoms with E-state index in [9.17, 15) is 34.2 Å². The fourth-order valence-corrected chi connectivity index (χ4v) is 3.34. The van der Waals surface area contributed by atoms with Gasteiger partial charge in [0.05, 0.1) is 12.1 Å². The third-order valence-corrected chi connectivity index (χ3v) is 5.31.